The molecule has 0 saturated carbocycles. The van der Waals surface area contributed by atoms with Crippen molar-refractivity contribution in [2.24, 2.45) is 5.41 Å². The first kappa shape index (κ1) is 25.0. The number of hydrogen-bond acceptors (Lipinski definition) is 4. The van der Waals surface area contributed by atoms with Crippen LogP contribution in [0.5, 0.6) is 11.6 Å². The monoisotopic (exact) mass is 534 g/mol. The van der Waals surface area contributed by atoms with Crippen LogP contribution in [-0.2, 0) is 6.42 Å². The molecule has 0 amide bonds. The maximum atomic E-state index is 6.60. The van der Waals surface area contributed by atoms with Crippen LogP contribution in [0.4, 0.5) is 0 Å². The van der Waals surface area contributed by atoms with Crippen molar-refractivity contribution in [3.8, 4) is 34.1 Å². The molecule has 0 N–H and O–H groups in total. The zero-order chi connectivity index (χ0) is 28.0. The van der Waals surface area contributed by atoms with E-state index >= 15 is 0 Å². The maximum Gasteiger partial charge on any atom is 0.219 e. The van der Waals surface area contributed by atoms with Crippen LogP contribution in [0, 0.1) is 5.41 Å². The van der Waals surface area contributed by atoms with Gasteiger partial charge in [-0.05, 0) is 53.1 Å². The Kier molecular flexibility index (Phi) is 6.05. The normalized spacial score (nSPS) is 11.9. The zero-order valence-corrected chi connectivity index (χ0v) is 23.4. The summed E-state index contributed by atoms with van der Waals surface area (Å²) in [4.78, 5) is 9.46. The summed E-state index contributed by atoms with van der Waals surface area (Å²) in [7, 11) is 0. The molecule has 41 heavy (non-hydrogen) atoms. The third-order valence-corrected chi connectivity index (χ3v) is 7.29. The molecule has 0 saturated heterocycles. The minimum Gasteiger partial charge on any atom is -0.453 e. The van der Waals surface area contributed by atoms with E-state index in [2.05, 4.69) is 51.1 Å². The molecule has 0 atom stereocenters. The molecule has 0 aliphatic heterocycles. The Hall–Kier alpha value is -4.96. The van der Waals surface area contributed by atoms with E-state index in [1.165, 1.54) is 10.9 Å². The Labute approximate surface area is 239 Å². The second kappa shape index (κ2) is 9.90. The van der Waals surface area contributed by atoms with Crippen LogP contribution >= 0.6 is 0 Å². The van der Waals surface area contributed by atoms with E-state index in [0.717, 1.165) is 56.3 Å². The van der Waals surface area contributed by atoms with E-state index in [-0.39, 0.29) is 5.41 Å². The zero-order valence-electron chi connectivity index (χ0n) is 23.4. The van der Waals surface area contributed by atoms with Crippen LogP contribution < -0.4 is 4.74 Å². The van der Waals surface area contributed by atoms with Gasteiger partial charge in [0.1, 0.15) is 17.0 Å². The summed E-state index contributed by atoms with van der Waals surface area (Å²) in [5, 5.41) is 4.44. The van der Waals surface area contributed by atoms with Crippen molar-refractivity contribution in [3.63, 3.8) is 0 Å². The van der Waals surface area contributed by atoms with Crippen LogP contribution in [0.3, 0.4) is 0 Å². The van der Waals surface area contributed by atoms with E-state index in [0.29, 0.717) is 11.6 Å². The topological polar surface area (TPSA) is 48.2 Å². The second-order valence-corrected chi connectivity index (χ2v) is 11.7. The molecule has 0 unspecified atom stereocenters. The number of nitrogens with zero attached hydrogens (tertiary/aromatic N) is 2. The van der Waals surface area contributed by atoms with Crippen LogP contribution in [-0.4, -0.2) is 9.97 Å². The molecule has 3 heterocycles. The lowest BCUT2D eigenvalue weighted by Gasteiger charge is -2.18. The molecular formula is C37H30N2O2. The summed E-state index contributed by atoms with van der Waals surface area (Å²) in [6, 6.07) is 36.9. The molecule has 0 spiro atoms. The van der Waals surface area contributed by atoms with Crippen LogP contribution in [0.15, 0.2) is 120 Å². The number of aromatic nitrogens is 2. The van der Waals surface area contributed by atoms with Gasteiger partial charge in [-0.1, -0.05) is 93.6 Å². The predicted octanol–water partition coefficient (Wildman–Crippen LogP) is 10.2. The average Bonchev–Trinajstić information content (AvgIpc) is 3.36. The fourth-order valence-corrected chi connectivity index (χ4v) is 5.54. The lowest BCUT2D eigenvalue weighted by molar-refractivity contribution is 0.411. The SMILES string of the molecule is CC(C)(C)Cc1ccc2c(ccc3c4ccnc(-c5cccc(Oc6cccc(-c7ccccc7)n6)c5)c4oc23)c1. The molecule has 0 radical (unpaired) electrons. The first-order valence-corrected chi connectivity index (χ1v) is 13.9. The summed E-state index contributed by atoms with van der Waals surface area (Å²) in [6.07, 6.45) is 2.88. The largest absolute Gasteiger partial charge is 0.453 e. The smallest absolute Gasteiger partial charge is 0.219 e. The van der Waals surface area contributed by atoms with E-state index in [4.69, 9.17) is 19.1 Å². The number of fused-ring (bicyclic) bond motifs is 5. The van der Waals surface area contributed by atoms with Gasteiger partial charge in [0.25, 0.3) is 0 Å². The lowest BCUT2D eigenvalue weighted by atomic mass is 9.87. The molecule has 0 fully saturated rings. The number of hydrogen-bond donors (Lipinski definition) is 0. The van der Waals surface area contributed by atoms with Gasteiger partial charge in [-0.3, -0.25) is 4.98 Å². The quantitative estimate of drug-likeness (QED) is 0.220. The number of rotatable bonds is 5. The van der Waals surface area contributed by atoms with Gasteiger partial charge in [-0.2, -0.15) is 0 Å². The standard InChI is InChI=1S/C37H30N2O2/c1-37(2,3)23-24-15-17-29-26(21-24)16-18-30-31-19-20-38-34(36(31)41-35(29)30)27-11-7-12-28(22-27)40-33-14-8-13-32(39-33)25-9-5-4-6-10-25/h4-22H,23H2,1-3H3. The minimum atomic E-state index is 0.233. The number of ether oxygens (including phenoxy) is 1. The number of benzene rings is 4. The van der Waals surface area contributed by atoms with E-state index < -0.39 is 0 Å². The summed E-state index contributed by atoms with van der Waals surface area (Å²) in [5.41, 5.74) is 6.85. The molecule has 0 bridgehead atoms. The average molecular weight is 535 g/mol. The Morgan fingerprint density at radius 2 is 1.46 bits per heavy atom. The highest BCUT2D eigenvalue weighted by molar-refractivity contribution is 6.16. The van der Waals surface area contributed by atoms with Gasteiger partial charge in [-0.25, -0.2) is 4.98 Å². The molecule has 7 rings (SSSR count). The maximum absolute atomic E-state index is 6.60. The molecule has 4 nitrogen and oxygen atoms in total. The van der Waals surface area contributed by atoms with Gasteiger partial charge in [0, 0.05) is 39.5 Å². The summed E-state index contributed by atoms with van der Waals surface area (Å²) in [6.45, 7) is 6.81. The molecular weight excluding hydrogens is 504 g/mol. The summed E-state index contributed by atoms with van der Waals surface area (Å²) >= 11 is 0. The van der Waals surface area contributed by atoms with Crippen LogP contribution in [0.25, 0.3) is 55.2 Å². The van der Waals surface area contributed by atoms with Crippen molar-refractivity contribution in [2.45, 2.75) is 27.2 Å². The second-order valence-electron chi connectivity index (χ2n) is 11.7. The van der Waals surface area contributed by atoms with Crippen molar-refractivity contribution in [3.05, 3.63) is 121 Å². The van der Waals surface area contributed by atoms with Gasteiger partial charge in [0.2, 0.25) is 5.88 Å². The van der Waals surface area contributed by atoms with Crippen molar-refractivity contribution in [1.82, 2.24) is 9.97 Å². The first-order valence-electron chi connectivity index (χ1n) is 13.9. The fraction of sp³-hybridized carbons (Fsp3) is 0.135. The van der Waals surface area contributed by atoms with Crippen molar-refractivity contribution in [2.75, 3.05) is 0 Å². The van der Waals surface area contributed by atoms with Crippen molar-refractivity contribution < 1.29 is 9.15 Å². The lowest BCUT2D eigenvalue weighted by Crippen LogP contribution is -2.08. The Balaban J connectivity index is 1.26. The van der Waals surface area contributed by atoms with Gasteiger partial charge < -0.3 is 9.15 Å². The van der Waals surface area contributed by atoms with E-state index in [1.807, 2.05) is 85.1 Å². The fourth-order valence-electron chi connectivity index (χ4n) is 5.54. The Morgan fingerprint density at radius 1 is 0.683 bits per heavy atom. The third-order valence-electron chi connectivity index (χ3n) is 7.29. The van der Waals surface area contributed by atoms with Gasteiger partial charge in [-0.15, -0.1) is 0 Å². The molecule has 3 aromatic heterocycles. The third kappa shape index (κ3) is 4.93. The Morgan fingerprint density at radius 3 is 2.32 bits per heavy atom. The molecule has 4 heteroatoms. The molecule has 0 aliphatic rings. The molecule has 7 aromatic rings. The van der Waals surface area contributed by atoms with Gasteiger partial charge in [0.05, 0.1) is 5.69 Å². The first-order chi connectivity index (χ1) is 19.9. The molecule has 200 valence electrons. The summed E-state index contributed by atoms with van der Waals surface area (Å²) < 4.78 is 12.8. The number of furan rings is 1. The highest BCUT2D eigenvalue weighted by Gasteiger charge is 2.17. The molecule has 0 aliphatic carbocycles. The predicted molar refractivity (Wildman–Crippen MR) is 167 cm³/mol. The van der Waals surface area contributed by atoms with Crippen LogP contribution in [0.1, 0.15) is 26.3 Å². The van der Waals surface area contributed by atoms with Crippen molar-refractivity contribution in [1.29, 1.82) is 0 Å². The Bertz CT molecular complexity index is 2030. The summed E-state index contributed by atoms with van der Waals surface area (Å²) in [5.74, 6) is 1.22. The van der Waals surface area contributed by atoms with Gasteiger partial charge in [0.15, 0.2) is 5.58 Å². The number of pyridine rings is 2. The van der Waals surface area contributed by atoms with E-state index in [1.54, 1.807) is 0 Å². The van der Waals surface area contributed by atoms with E-state index in [9.17, 15) is 0 Å². The van der Waals surface area contributed by atoms with Gasteiger partial charge >= 0.3 is 0 Å². The highest BCUT2D eigenvalue weighted by Crippen LogP contribution is 2.39. The molecule has 4 aromatic carbocycles. The minimum absolute atomic E-state index is 0.233. The van der Waals surface area contributed by atoms with Crippen molar-refractivity contribution >= 4 is 32.7 Å². The highest BCUT2D eigenvalue weighted by atomic mass is 16.5. The van der Waals surface area contributed by atoms with Crippen LogP contribution in [0.2, 0.25) is 0 Å².